The van der Waals surface area contributed by atoms with E-state index >= 15 is 0 Å². The number of para-hydroxylation sites is 1. The highest BCUT2D eigenvalue weighted by atomic mass is 79.9. The molecule has 1 heterocycles. The third-order valence-electron chi connectivity index (χ3n) is 3.68. The standard InChI is InChI=1S/C19H20BrN3O4/c1-4-27-19(26)13-9-10-16(21-12(13)2)18(25)23(3)11-17(24)22-15-8-6-5-7-14(15)20/h5-10H,4,11H2,1-3H3,(H,22,24). The SMILES string of the molecule is CCOC(=O)c1ccc(C(=O)N(C)CC(=O)Nc2ccccc2Br)nc1C. The zero-order valence-corrected chi connectivity index (χ0v) is 16.9. The number of esters is 1. The van der Waals surface area contributed by atoms with Gasteiger partial charge in [-0.1, -0.05) is 12.1 Å². The van der Waals surface area contributed by atoms with Gasteiger partial charge >= 0.3 is 5.97 Å². The van der Waals surface area contributed by atoms with Gasteiger partial charge in [-0.05, 0) is 54.0 Å². The van der Waals surface area contributed by atoms with Crippen molar-refractivity contribution in [3.05, 3.63) is 57.8 Å². The summed E-state index contributed by atoms with van der Waals surface area (Å²) >= 11 is 3.35. The minimum Gasteiger partial charge on any atom is -0.462 e. The van der Waals surface area contributed by atoms with Gasteiger partial charge in [-0.2, -0.15) is 0 Å². The van der Waals surface area contributed by atoms with Crippen LogP contribution in [0.3, 0.4) is 0 Å². The van der Waals surface area contributed by atoms with E-state index in [2.05, 4.69) is 26.2 Å². The number of anilines is 1. The smallest absolute Gasteiger partial charge is 0.339 e. The van der Waals surface area contributed by atoms with Gasteiger partial charge in [0.25, 0.3) is 5.91 Å². The first kappa shape index (κ1) is 20.6. The molecule has 1 N–H and O–H groups in total. The number of hydrogen-bond donors (Lipinski definition) is 1. The van der Waals surface area contributed by atoms with Crippen LogP contribution < -0.4 is 5.32 Å². The maximum absolute atomic E-state index is 12.5. The molecule has 8 heteroatoms. The number of likely N-dealkylation sites (N-methyl/N-ethyl adjacent to an activating group) is 1. The molecule has 0 aliphatic carbocycles. The van der Waals surface area contributed by atoms with Gasteiger partial charge in [-0.25, -0.2) is 9.78 Å². The molecule has 2 amide bonds. The Morgan fingerprint density at radius 2 is 1.89 bits per heavy atom. The van der Waals surface area contributed by atoms with Crippen molar-refractivity contribution in [2.45, 2.75) is 13.8 Å². The summed E-state index contributed by atoms with van der Waals surface area (Å²) in [6.07, 6.45) is 0. The van der Waals surface area contributed by atoms with Crippen molar-refractivity contribution in [1.29, 1.82) is 0 Å². The molecule has 0 saturated carbocycles. The van der Waals surface area contributed by atoms with Crippen molar-refractivity contribution in [2.24, 2.45) is 0 Å². The minimum atomic E-state index is -0.484. The van der Waals surface area contributed by atoms with Gasteiger partial charge in [-0.3, -0.25) is 9.59 Å². The average Bonchev–Trinajstić information content (AvgIpc) is 2.63. The number of aromatic nitrogens is 1. The summed E-state index contributed by atoms with van der Waals surface area (Å²) < 4.78 is 5.69. The van der Waals surface area contributed by atoms with Crippen LogP contribution in [0.2, 0.25) is 0 Å². The van der Waals surface area contributed by atoms with E-state index in [0.717, 1.165) is 4.47 Å². The molecule has 0 atom stereocenters. The van der Waals surface area contributed by atoms with E-state index in [1.165, 1.54) is 24.1 Å². The van der Waals surface area contributed by atoms with Crippen LogP contribution in [-0.2, 0) is 9.53 Å². The van der Waals surface area contributed by atoms with E-state index in [9.17, 15) is 14.4 Å². The second-order valence-electron chi connectivity index (χ2n) is 5.74. The number of nitrogens with one attached hydrogen (secondary N) is 1. The number of benzene rings is 1. The zero-order valence-electron chi connectivity index (χ0n) is 15.3. The molecular formula is C19H20BrN3O4. The zero-order chi connectivity index (χ0) is 20.0. The highest BCUT2D eigenvalue weighted by molar-refractivity contribution is 9.10. The number of aryl methyl sites for hydroxylation is 1. The molecule has 142 valence electrons. The van der Waals surface area contributed by atoms with Gasteiger partial charge in [0.1, 0.15) is 5.69 Å². The molecule has 7 nitrogen and oxygen atoms in total. The quantitative estimate of drug-likeness (QED) is 0.707. The summed E-state index contributed by atoms with van der Waals surface area (Å²) in [5.41, 5.74) is 1.47. The molecule has 0 aliphatic heterocycles. The summed E-state index contributed by atoms with van der Waals surface area (Å²) in [5, 5.41) is 2.74. The maximum Gasteiger partial charge on any atom is 0.339 e. The van der Waals surface area contributed by atoms with Crippen molar-refractivity contribution in [3.63, 3.8) is 0 Å². The third-order valence-corrected chi connectivity index (χ3v) is 4.37. The van der Waals surface area contributed by atoms with Crippen molar-refractivity contribution >= 4 is 39.4 Å². The molecule has 0 fully saturated rings. The Labute approximate surface area is 165 Å². The van der Waals surface area contributed by atoms with Gasteiger partial charge in [0.15, 0.2) is 0 Å². The Kier molecular flexibility index (Phi) is 7.06. The molecule has 1 aromatic heterocycles. The number of hydrogen-bond acceptors (Lipinski definition) is 5. The molecule has 0 bridgehead atoms. The average molecular weight is 434 g/mol. The maximum atomic E-state index is 12.5. The van der Waals surface area contributed by atoms with E-state index in [1.54, 1.807) is 26.0 Å². The van der Waals surface area contributed by atoms with Crippen LogP contribution in [0.4, 0.5) is 5.69 Å². The lowest BCUT2D eigenvalue weighted by molar-refractivity contribution is -0.116. The van der Waals surface area contributed by atoms with Crippen LogP contribution in [-0.4, -0.2) is 47.9 Å². The topological polar surface area (TPSA) is 88.6 Å². The number of pyridine rings is 1. The lowest BCUT2D eigenvalue weighted by Crippen LogP contribution is -2.35. The molecule has 1 aromatic carbocycles. The van der Waals surface area contributed by atoms with Crippen molar-refractivity contribution < 1.29 is 19.1 Å². The number of carbonyl (C=O) groups is 3. The Morgan fingerprint density at radius 1 is 1.19 bits per heavy atom. The van der Waals surface area contributed by atoms with E-state index in [0.29, 0.717) is 16.9 Å². The largest absolute Gasteiger partial charge is 0.462 e. The van der Waals surface area contributed by atoms with Crippen LogP contribution in [0.5, 0.6) is 0 Å². The fourth-order valence-corrected chi connectivity index (χ4v) is 2.72. The molecule has 0 unspecified atom stereocenters. The fraction of sp³-hybridized carbons (Fsp3) is 0.263. The van der Waals surface area contributed by atoms with E-state index in [1.807, 2.05) is 12.1 Å². The first-order valence-electron chi connectivity index (χ1n) is 8.28. The number of rotatable bonds is 6. The first-order valence-corrected chi connectivity index (χ1v) is 9.07. The predicted molar refractivity (Wildman–Crippen MR) is 105 cm³/mol. The lowest BCUT2D eigenvalue weighted by Gasteiger charge is -2.17. The predicted octanol–water partition coefficient (Wildman–Crippen LogP) is 3.04. The van der Waals surface area contributed by atoms with Crippen molar-refractivity contribution in [1.82, 2.24) is 9.88 Å². The van der Waals surface area contributed by atoms with Crippen molar-refractivity contribution in [3.8, 4) is 0 Å². The molecule has 0 radical (unpaired) electrons. The second kappa shape index (κ2) is 9.27. The summed E-state index contributed by atoms with van der Waals surface area (Å²) in [7, 11) is 1.51. The molecule has 0 spiro atoms. The molecule has 2 rings (SSSR count). The Balaban J connectivity index is 2.04. The normalized spacial score (nSPS) is 10.2. The third kappa shape index (κ3) is 5.37. The first-order chi connectivity index (χ1) is 12.8. The summed E-state index contributed by atoms with van der Waals surface area (Å²) in [5.74, 6) is -1.24. The van der Waals surface area contributed by atoms with E-state index in [-0.39, 0.29) is 24.8 Å². The molecule has 2 aromatic rings. The summed E-state index contributed by atoms with van der Waals surface area (Å²) in [4.78, 5) is 41.9. The number of nitrogens with zero attached hydrogens (tertiary/aromatic N) is 2. The van der Waals surface area contributed by atoms with Gasteiger partial charge in [0.2, 0.25) is 5.91 Å². The fourth-order valence-electron chi connectivity index (χ4n) is 2.34. The highest BCUT2D eigenvalue weighted by Gasteiger charge is 2.19. The Hall–Kier alpha value is -2.74. The summed E-state index contributed by atoms with van der Waals surface area (Å²) in [6, 6.07) is 10.1. The van der Waals surface area contributed by atoms with Crippen LogP contribution in [0.1, 0.15) is 33.5 Å². The number of halogens is 1. The second-order valence-corrected chi connectivity index (χ2v) is 6.59. The summed E-state index contributed by atoms with van der Waals surface area (Å²) in [6.45, 7) is 3.46. The highest BCUT2D eigenvalue weighted by Crippen LogP contribution is 2.21. The van der Waals surface area contributed by atoms with E-state index in [4.69, 9.17) is 4.74 Å². The van der Waals surface area contributed by atoms with Gasteiger partial charge in [0, 0.05) is 11.5 Å². The molecular weight excluding hydrogens is 414 g/mol. The van der Waals surface area contributed by atoms with Gasteiger partial charge in [-0.15, -0.1) is 0 Å². The van der Waals surface area contributed by atoms with Crippen LogP contribution >= 0.6 is 15.9 Å². The van der Waals surface area contributed by atoms with E-state index < -0.39 is 11.9 Å². The number of carbonyl (C=O) groups excluding carboxylic acids is 3. The molecule has 0 saturated heterocycles. The number of amides is 2. The van der Waals surface area contributed by atoms with Crippen LogP contribution in [0.15, 0.2) is 40.9 Å². The molecule has 0 aliphatic rings. The van der Waals surface area contributed by atoms with Crippen LogP contribution in [0, 0.1) is 6.92 Å². The Bertz CT molecular complexity index is 870. The monoisotopic (exact) mass is 433 g/mol. The Morgan fingerprint density at radius 3 is 2.52 bits per heavy atom. The minimum absolute atomic E-state index is 0.138. The lowest BCUT2D eigenvalue weighted by atomic mass is 10.2. The number of ether oxygens (including phenoxy) is 1. The molecule has 27 heavy (non-hydrogen) atoms. The van der Waals surface area contributed by atoms with Crippen LogP contribution in [0.25, 0.3) is 0 Å². The van der Waals surface area contributed by atoms with Crippen molar-refractivity contribution in [2.75, 3.05) is 25.5 Å². The van der Waals surface area contributed by atoms with Gasteiger partial charge in [0.05, 0.1) is 30.1 Å². The van der Waals surface area contributed by atoms with Gasteiger partial charge < -0.3 is 15.0 Å².